The lowest BCUT2D eigenvalue weighted by molar-refractivity contribution is -0.121. The summed E-state index contributed by atoms with van der Waals surface area (Å²) >= 11 is 0. The van der Waals surface area contributed by atoms with Crippen LogP contribution in [0.4, 0.5) is 4.39 Å². The summed E-state index contributed by atoms with van der Waals surface area (Å²) in [7, 11) is 0. The molecule has 0 bridgehead atoms. The van der Waals surface area contributed by atoms with E-state index < -0.39 is 0 Å². The summed E-state index contributed by atoms with van der Waals surface area (Å²) < 4.78 is 23.7. The van der Waals surface area contributed by atoms with Gasteiger partial charge in [-0.05, 0) is 48.5 Å². The second-order valence-electron chi connectivity index (χ2n) is 5.13. The first kappa shape index (κ1) is 15.1. The summed E-state index contributed by atoms with van der Waals surface area (Å²) in [6.45, 7) is 0.380. The quantitative estimate of drug-likeness (QED) is 0.750. The highest BCUT2D eigenvalue weighted by Gasteiger charge is 2.08. The highest BCUT2D eigenvalue weighted by molar-refractivity contribution is 5.76. The predicted molar refractivity (Wildman–Crippen MR) is 83.0 cm³/mol. The highest BCUT2D eigenvalue weighted by atomic mass is 19.1. The second kappa shape index (κ2) is 6.96. The molecule has 0 unspecified atom stereocenters. The maximum Gasteiger partial charge on any atom is 0.220 e. The monoisotopic (exact) mass is 313 g/mol. The van der Waals surface area contributed by atoms with E-state index in [0.29, 0.717) is 25.1 Å². The normalized spacial score (nSPS) is 10.7. The number of carbonyl (C=O) groups excluding carboxylic acids is 1. The molecule has 2 aromatic heterocycles. The van der Waals surface area contributed by atoms with Gasteiger partial charge in [0, 0.05) is 18.4 Å². The molecule has 0 aliphatic carbocycles. The summed E-state index contributed by atoms with van der Waals surface area (Å²) in [5.74, 6) is 1.75. The fourth-order valence-electron chi connectivity index (χ4n) is 2.21. The summed E-state index contributed by atoms with van der Waals surface area (Å²) in [6.07, 6.45) is 2.41. The van der Waals surface area contributed by atoms with Gasteiger partial charge in [-0.15, -0.1) is 0 Å². The zero-order valence-electron chi connectivity index (χ0n) is 12.4. The van der Waals surface area contributed by atoms with Crippen molar-refractivity contribution in [3.8, 4) is 11.3 Å². The van der Waals surface area contributed by atoms with Gasteiger partial charge < -0.3 is 14.2 Å². The molecule has 3 rings (SSSR count). The largest absolute Gasteiger partial charge is 0.467 e. The molecule has 1 aromatic carbocycles. The molecule has 0 saturated carbocycles. The van der Waals surface area contributed by atoms with E-state index in [-0.39, 0.29) is 11.7 Å². The summed E-state index contributed by atoms with van der Waals surface area (Å²) in [5.41, 5.74) is 0.805. The van der Waals surface area contributed by atoms with Gasteiger partial charge in [0.05, 0.1) is 12.8 Å². The van der Waals surface area contributed by atoms with Crippen LogP contribution in [0.15, 0.2) is 63.6 Å². The minimum atomic E-state index is -0.284. The SMILES string of the molecule is O=C(CCc1ccc(-c2ccc(F)cc2)o1)NCc1ccco1. The Morgan fingerprint density at radius 3 is 2.61 bits per heavy atom. The molecule has 0 saturated heterocycles. The van der Waals surface area contributed by atoms with Crippen molar-refractivity contribution in [2.75, 3.05) is 0 Å². The zero-order valence-corrected chi connectivity index (χ0v) is 12.4. The lowest BCUT2D eigenvalue weighted by atomic mass is 10.2. The van der Waals surface area contributed by atoms with Crippen LogP contribution in [0, 0.1) is 5.82 Å². The number of furan rings is 2. The van der Waals surface area contributed by atoms with Gasteiger partial charge in [0.15, 0.2) is 0 Å². The molecule has 0 aliphatic heterocycles. The number of benzene rings is 1. The van der Waals surface area contributed by atoms with Gasteiger partial charge in [0.1, 0.15) is 23.1 Å². The Bertz CT molecular complexity index is 760. The molecule has 0 atom stereocenters. The fraction of sp³-hybridized carbons (Fsp3) is 0.167. The van der Waals surface area contributed by atoms with Crippen LogP contribution in [0.5, 0.6) is 0 Å². The Morgan fingerprint density at radius 2 is 1.87 bits per heavy atom. The van der Waals surface area contributed by atoms with Gasteiger partial charge in [-0.2, -0.15) is 0 Å². The lowest BCUT2D eigenvalue weighted by Gasteiger charge is -2.02. The Labute approximate surface area is 132 Å². The van der Waals surface area contributed by atoms with Crippen LogP contribution in [0.2, 0.25) is 0 Å². The smallest absolute Gasteiger partial charge is 0.220 e. The number of hydrogen-bond donors (Lipinski definition) is 1. The third-order valence-electron chi connectivity index (χ3n) is 3.43. The van der Waals surface area contributed by atoms with Gasteiger partial charge >= 0.3 is 0 Å². The molecule has 1 amide bonds. The molecule has 0 aliphatic rings. The number of hydrogen-bond acceptors (Lipinski definition) is 3. The maximum atomic E-state index is 12.9. The second-order valence-corrected chi connectivity index (χ2v) is 5.13. The third kappa shape index (κ3) is 4.10. The van der Waals surface area contributed by atoms with Crippen molar-refractivity contribution in [2.45, 2.75) is 19.4 Å². The van der Waals surface area contributed by atoms with E-state index in [0.717, 1.165) is 17.1 Å². The molecule has 23 heavy (non-hydrogen) atoms. The maximum absolute atomic E-state index is 12.9. The van der Waals surface area contributed by atoms with Crippen molar-refractivity contribution in [1.82, 2.24) is 5.32 Å². The van der Waals surface area contributed by atoms with E-state index in [9.17, 15) is 9.18 Å². The molecule has 3 aromatic rings. The molecule has 5 heteroatoms. The van der Waals surface area contributed by atoms with Crippen molar-refractivity contribution in [3.05, 3.63) is 72.1 Å². The Balaban J connectivity index is 1.50. The Kier molecular flexibility index (Phi) is 4.57. The molecule has 118 valence electrons. The van der Waals surface area contributed by atoms with Gasteiger partial charge in [-0.25, -0.2) is 4.39 Å². The zero-order chi connectivity index (χ0) is 16.1. The van der Waals surface area contributed by atoms with E-state index >= 15 is 0 Å². The fourth-order valence-corrected chi connectivity index (χ4v) is 2.21. The van der Waals surface area contributed by atoms with Crippen molar-refractivity contribution in [2.24, 2.45) is 0 Å². The molecular formula is C18H16FNO3. The van der Waals surface area contributed by atoms with Crippen LogP contribution in [0.3, 0.4) is 0 Å². The molecule has 1 N–H and O–H groups in total. The number of nitrogens with one attached hydrogen (secondary N) is 1. The van der Waals surface area contributed by atoms with Crippen LogP contribution in [-0.4, -0.2) is 5.91 Å². The minimum absolute atomic E-state index is 0.0684. The van der Waals surface area contributed by atoms with Crippen LogP contribution in [-0.2, 0) is 17.8 Å². The topological polar surface area (TPSA) is 55.4 Å². The third-order valence-corrected chi connectivity index (χ3v) is 3.43. The molecule has 4 nitrogen and oxygen atoms in total. The van der Waals surface area contributed by atoms with Crippen molar-refractivity contribution in [3.63, 3.8) is 0 Å². The summed E-state index contributed by atoms with van der Waals surface area (Å²) in [5, 5.41) is 2.78. The lowest BCUT2D eigenvalue weighted by Crippen LogP contribution is -2.22. The number of halogens is 1. The van der Waals surface area contributed by atoms with Gasteiger partial charge in [-0.3, -0.25) is 4.79 Å². The van der Waals surface area contributed by atoms with Gasteiger partial charge in [0.2, 0.25) is 5.91 Å². The van der Waals surface area contributed by atoms with E-state index in [1.54, 1.807) is 24.5 Å². The van der Waals surface area contributed by atoms with Crippen molar-refractivity contribution >= 4 is 5.91 Å². The van der Waals surface area contributed by atoms with Crippen molar-refractivity contribution in [1.29, 1.82) is 0 Å². The average molecular weight is 313 g/mol. The van der Waals surface area contributed by atoms with Crippen LogP contribution in [0.1, 0.15) is 17.9 Å². The van der Waals surface area contributed by atoms with Crippen molar-refractivity contribution < 1.29 is 18.0 Å². The number of rotatable bonds is 6. The number of carbonyl (C=O) groups is 1. The first-order valence-electron chi connectivity index (χ1n) is 7.34. The van der Waals surface area contributed by atoms with E-state index in [1.807, 2.05) is 18.2 Å². The minimum Gasteiger partial charge on any atom is -0.467 e. The molecule has 0 fully saturated rings. The first-order chi connectivity index (χ1) is 11.2. The molecule has 2 heterocycles. The first-order valence-corrected chi connectivity index (χ1v) is 7.34. The van der Waals surface area contributed by atoms with E-state index in [4.69, 9.17) is 8.83 Å². The average Bonchev–Trinajstić information content (AvgIpc) is 3.23. The predicted octanol–water partition coefficient (Wildman–Crippen LogP) is 3.93. The van der Waals surface area contributed by atoms with Gasteiger partial charge in [0.25, 0.3) is 0 Å². The Hall–Kier alpha value is -2.82. The molecule has 0 spiro atoms. The van der Waals surface area contributed by atoms with E-state index in [2.05, 4.69) is 5.32 Å². The summed E-state index contributed by atoms with van der Waals surface area (Å²) in [4.78, 5) is 11.8. The highest BCUT2D eigenvalue weighted by Crippen LogP contribution is 2.23. The number of aryl methyl sites for hydroxylation is 1. The molecule has 0 radical (unpaired) electrons. The van der Waals surface area contributed by atoms with Gasteiger partial charge in [-0.1, -0.05) is 0 Å². The van der Waals surface area contributed by atoms with Crippen LogP contribution >= 0.6 is 0 Å². The number of amides is 1. The standard InChI is InChI=1S/C18H16FNO3/c19-14-5-3-13(4-6-14)17-9-7-15(23-17)8-10-18(21)20-12-16-2-1-11-22-16/h1-7,9,11H,8,10,12H2,(H,20,21). The van der Waals surface area contributed by atoms with Crippen LogP contribution < -0.4 is 5.32 Å². The van der Waals surface area contributed by atoms with Crippen LogP contribution in [0.25, 0.3) is 11.3 Å². The summed E-state index contributed by atoms with van der Waals surface area (Å²) in [6, 6.07) is 13.3. The molecular weight excluding hydrogens is 297 g/mol. The Morgan fingerprint density at radius 1 is 1.04 bits per heavy atom. The van der Waals surface area contributed by atoms with E-state index in [1.165, 1.54) is 12.1 Å².